The first-order valence-corrected chi connectivity index (χ1v) is 11.0. The van der Waals surface area contributed by atoms with Crippen LogP contribution in [-0.4, -0.2) is 38.3 Å². The van der Waals surface area contributed by atoms with Gasteiger partial charge in [0.15, 0.2) is 0 Å². The highest BCUT2D eigenvalue weighted by molar-refractivity contribution is 7.91. The number of thiazole rings is 1. The summed E-state index contributed by atoms with van der Waals surface area (Å²) in [5, 5.41) is 7.60. The minimum Gasteiger partial charge on any atom is -0.388 e. The molecule has 26 heavy (non-hydrogen) atoms. The van der Waals surface area contributed by atoms with E-state index in [-0.39, 0.29) is 6.54 Å². The lowest BCUT2D eigenvalue weighted by Crippen LogP contribution is -2.26. The molecule has 0 aliphatic rings. The molecule has 0 aromatic carbocycles. The molecule has 0 atom stereocenters. The molecule has 0 aliphatic carbocycles. The molecule has 0 saturated carbocycles. The normalized spacial score (nSPS) is 13.1. The van der Waals surface area contributed by atoms with Crippen LogP contribution in [0.3, 0.4) is 0 Å². The molecular formula is C18H21N3O2S3. The van der Waals surface area contributed by atoms with Crippen LogP contribution in [0.2, 0.25) is 0 Å². The molecule has 1 N–H and O–H groups in total. The molecule has 2 rings (SSSR count). The topological polar surface area (TPSA) is 62.3 Å². The van der Waals surface area contributed by atoms with Gasteiger partial charge in [-0.15, -0.1) is 22.7 Å². The van der Waals surface area contributed by atoms with Crippen LogP contribution in [-0.2, 0) is 10.0 Å². The van der Waals surface area contributed by atoms with E-state index in [1.54, 1.807) is 55.2 Å². The van der Waals surface area contributed by atoms with Crippen molar-refractivity contribution in [3.05, 3.63) is 76.3 Å². The molecule has 0 radical (unpaired) electrons. The average molecular weight is 408 g/mol. The third-order valence-electron chi connectivity index (χ3n) is 3.44. The number of rotatable bonds is 9. The van der Waals surface area contributed by atoms with Crippen LogP contribution in [0.4, 0.5) is 0 Å². The Morgan fingerprint density at radius 3 is 2.81 bits per heavy atom. The predicted molar refractivity (Wildman–Crippen MR) is 111 cm³/mol. The van der Waals surface area contributed by atoms with Crippen molar-refractivity contribution in [3.63, 3.8) is 0 Å². The second-order valence-electron chi connectivity index (χ2n) is 5.20. The van der Waals surface area contributed by atoms with Crippen molar-refractivity contribution in [1.82, 2.24) is 14.6 Å². The zero-order chi connectivity index (χ0) is 19.0. The van der Waals surface area contributed by atoms with E-state index in [0.29, 0.717) is 4.21 Å². The van der Waals surface area contributed by atoms with Gasteiger partial charge in [0.1, 0.15) is 9.22 Å². The van der Waals surface area contributed by atoms with E-state index >= 15 is 0 Å². The summed E-state index contributed by atoms with van der Waals surface area (Å²) in [4.78, 5) is 4.21. The Kier molecular flexibility index (Phi) is 7.52. The predicted octanol–water partition coefficient (Wildman–Crippen LogP) is 3.75. The summed E-state index contributed by atoms with van der Waals surface area (Å²) in [6.45, 7) is 4.26. The Morgan fingerprint density at radius 1 is 1.38 bits per heavy atom. The Bertz CT molecular complexity index is 894. The summed E-state index contributed by atoms with van der Waals surface area (Å²) in [6.07, 6.45) is 11.1. The van der Waals surface area contributed by atoms with Gasteiger partial charge in [0.2, 0.25) is 0 Å². The quantitative estimate of drug-likeness (QED) is 0.643. The maximum atomic E-state index is 12.4. The van der Waals surface area contributed by atoms with Crippen LogP contribution in [0.15, 0.2) is 75.5 Å². The number of hydrogen-bond acceptors (Lipinski definition) is 6. The molecule has 2 aromatic heterocycles. The van der Waals surface area contributed by atoms with Gasteiger partial charge >= 0.3 is 0 Å². The number of aromatic nitrogens is 1. The fraction of sp³-hybridized carbons (Fsp3) is 0.167. The van der Waals surface area contributed by atoms with Gasteiger partial charge in [0, 0.05) is 37.9 Å². The standard InChI is InChI=1S/C18H21N3O2S3/c1-15(19-2)16(9-10-17-20-11-14-24-17)7-4-5-12-21(3)26(22,23)18-8-6-13-25-18/h4-11,13-14,19H,1,12H2,2-3H3/b5-4-,10-9+,16-7-. The van der Waals surface area contributed by atoms with Crippen LogP contribution in [0, 0.1) is 0 Å². The molecule has 2 heterocycles. The number of nitrogens with zero attached hydrogens (tertiary/aromatic N) is 2. The molecule has 0 spiro atoms. The molecule has 138 valence electrons. The minimum atomic E-state index is -3.43. The summed E-state index contributed by atoms with van der Waals surface area (Å²) in [5.74, 6) is 0. The summed E-state index contributed by atoms with van der Waals surface area (Å²) < 4.78 is 26.4. The first kappa shape index (κ1) is 20.3. The number of sulfonamides is 1. The highest BCUT2D eigenvalue weighted by Crippen LogP contribution is 2.19. The molecule has 8 heteroatoms. The largest absolute Gasteiger partial charge is 0.388 e. The molecule has 5 nitrogen and oxygen atoms in total. The monoisotopic (exact) mass is 407 g/mol. The fourth-order valence-electron chi connectivity index (χ4n) is 1.92. The molecule has 0 aliphatic heterocycles. The van der Waals surface area contributed by atoms with Gasteiger partial charge in [-0.2, -0.15) is 4.31 Å². The van der Waals surface area contributed by atoms with Crippen molar-refractivity contribution < 1.29 is 8.42 Å². The third-order valence-corrected chi connectivity index (χ3v) is 7.38. The number of hydrogen-bond donors (Lipinski definition) is 1. The summed E-state index contributed by atoms with van der Waals surface area (Å²) >= 11 is 2.77. The Balaban J connectivity index is 2.05. The Hall–Kier alpha value is -2.00. The number of likely N-dealkylation sites (N-methyl/N-ethyl adjacent to an activating group) is 2. The van der Waals surface area contributed by atoms with Crippen LogP contribution in [0.1, 0.15) is 5.01 Å². The lowest BCUT2D eigenvalue weighted by atomic mass is 10.1. The highest BCUT2D eigenvalue weighted by Gasteiger charge is 2.20. The van der Waals surface area contributed by atoms with Gasteiger partial charge in [-0.05, 0) is 29.2 Å². The van der Waals surface area contributed by atoms with Crippen LogP contribution in [0.5, 0.6) is 0 Å². The number of thiophene rings is 1. The molecule has 0 fully saturated rings. The van der Waals surface area contributed by atoms with Crippen molar-refractivity contribution in [2.75, 3.05) is 20.6 Å². The van der Waals surface area contributed by atoms with Crippen LogP contribution >= 0.6 is 22.7 Å². The molecule has 0 saturated heterocycles. The van der Waals surface area contributed by atoms with Crippen molar-refractivity contribution >= 4 is 38.8 Å². The molecule has 0 unspecified atom stereocenters. The minimum absolute atomic E-state index is 0.284. The second-order valence-corrected chi connectivity index (χ2v) is 9.35. The number of allylic oxidation sites excluding steroid dienone is 3. The van der Waals surface area contributed by atoms with Crippen molar-refractivity contribution in [2.45, 2.75) is 4.21 Å². The Morgan fingerprint density at radius 2 is 2.19 bits per heavy atom. The molecule has 0 amide bonds. The molecule has 0 bridgehead atoms. The summed E-state index contributed by atoms with van der Waals surface area (Å²) in [6, 6.07) is 3.34. The smallest absolute Gasteiger partial charge is 0.252 e. The highest BCUT2D eigenvalue weighted by atomic mass is 32.2. The van der Waals surface area contributed by atoms with Gasteiger partial charge in [-0.1, -0.05) is 30.9 Å². The zero-order valence-corrected chi connectivity index (χ0v) is 17.1. The third kappa shape index (κ3) is 5.50. The molecule has 2 aromatic rings. The lowest BCUT2D eigenvalue weighted by Gasteiger charge is -2.13. The van der Waals surface area contributed by atoms with E-state index in [1.165, 1.54) is 15.6 Å². The van der Waals surface area contributed by atoms with Gasteiger partial charge in [0.05, 0.1) is 0 Å². The van der Waals surface area contributed by atoms with Gasteiger partial charge < -0.3 is 5.32 Å². The first-order valence-electron chi connectivity index (χ1n) is 7.76. The number of nitrogens with one attached hydrogen (secondary N) is 1. The maximum Gasteiger partial charge on any atom is 0.252 e. The van der Waals surface area contributed by atoms with E-state index in [2.05, 4.69) is 16.9 Å². The summed E-state index contributed by atoms with van der Waals surface area (Å²) in [7, 11) is -0.0556. The SMILES string of the molecule is C=C(NC)C(=C\C=C/CN(C)S(=O)(=O)c1cccs1)/C=C/c1nccs1. The average Bonchev–Trinajstić information content (AvgIpc) is 3.33. The van der Waals surface area contributed by atoms with Crippen LogP contribution in [0.25, 0.3) is 6.08 Å². The van der Waals surface area contributed by atoms with E-state index in [9.17, 15) is 8.42 Å². The van der Waals surface area contributed by atoms with Crippen molar-refractivity contribution in [1.29, 1.82) is 0 Å². The molecular weight excluding hydrogens is 386 g/mol. The van der Waals surface area contributed by atoms with Crippen molar-refractivity contribution in [2.24, 2.45) is 0 Å². The van der Waals surface area contributed by atoms with Gasteiger partial charge in [0.25, 0.3) is 10.0 Å². The van der Waals surface area contributed by atoms with E-state index in [1.807, 2.05) is 29.7 Å². The van der Waals surface area contributed by atoms with E-state index in [0.717, 1.165) is 16.3 Å². The van der Waals surface area contributed by atoms with E-state index in [4.69, 9.17) is 0 Å². The first-order chi connectivity index (χ1) is 12.4. The lowest BCUT2D eigenvalue weighted by molar-refractivity contribution is 0.501. The van der Waals surface area contributed by atoms with Gasteiger partial charge in [-0.25, -0.2) is 13.4 Å². The van der Waals surface area contributed by atoms with Crippen LogP contribution < -0.4 is 5.32 Å². The van der Waals surface area contributed by atoms with E-state index < -0.39 is 10.0 Å². The summed E-state index contributed by atoms with van der Waals surface area (Å²) in [5.41, 5.74) is 1.66. The fourth-order valence-corrected chi connectivity index (χ4v) is 4.77. The second kappa shape index (κ2) is 9.63. The Labute approximate surface area is 162 Å². The zero-order valence-electron chi connectivity index (χ0n) is 14.6. The van der Waals surface area contributed by atoms with Gasteiger partial charge in [-0.3, -0.25) is 0 Å². The maximum absolute atomic E-state index is 12.4. The van der Waals surface area contributed by atoms with Crippen molar-refractivity contribution in [3.8, 4) is 0 Å².